The maximum Gasteiger partial charge on any atom is 0.332 e. The van der Waals surface area contributed by atoms with Gasteiger partial charge >= 0.3 is 6.03 Å². The number of imide groups is 1. The van der Waals surface area contributed by atoms with E-state index in [9.17, 15) is 14.4 Å². The maximum atomic E-state index is 12.9. The molecular formula is C20H19N3O3S. The molecule has 6 nitrogen and oxygen atoms in total. The number of urea groups is 1. The van der Waals surface area contributed by atoms with Crippen molar-refractivity contribution in [2.75, 3.05) is 28.6 Å². The molecule has 27 heavy (non-hydrogen) atoms. The van der Waals surface area contributed by atoms with Crippen molar-refractivity contribution in [2.24, 2.45) is 0 Å². The van der Waals surface area contributed by atoms with Gasteiger partial charge < -0.3 is 4.90 Å². The number of thioether (sulfide) groups is 1. The van der Waals surface area contributed by atoms with Crippen LogP contribution in [0.1, 0.15) is 6.92 Å². The molecule has 0 bridgehead atoms. The fourth-order valence-corrected chi connectivity index (χ4v) is 4.44. The first-order valence-electron chi connectivity index (χ1n) is 8.80. The summed E-state index contributed by atoms with van der Waals surface area (Å²) in [7, 11) is 0. The minimum absolute atomic E-state index is 0.244. The Bertz CT molecular complexity index is 902. The van der Waals surface area contributed by atoms with Crippen molar-refractivity contribution in [1.29, 1.82) is 0 Å². The first-order chi connectivity index (χ1) is 13.1. The monoisotopic (exact) mass is 381 g/mol. The molecule has 2 heterocycles. The Morgan fingerprint density at radius 2 is 1.78 bits per heavy atom. The first kappa shape index (κ1) is 17.6. The molecule has 0 saturated carbocycles. The quantitative estimate of drug-likeness (QED) is 0.767. The standard InChI is InChI=1S/C20H19N3O3S/c1-14-19(25)22(20(26)23(14)15-7-3-2-4-8-15)13-18(24)21-11-12-27-17-10-6-5-9-16(17)21/h2-10,14H,11-13H2,1H3/t14-/m1/s1. The molecule has 4 amide bonds. The Labute approximate surface area is 161 Å². The van der Waals surface area contributed by atoms with Gasteiger partial charge in [0.2, 0.25) is 5.91 Å². The molecule has 138 valence electrons. The largest absolute Gasteiger partial charge is 0.332 e. The van der Waals surface area contributed by atoms with Gasteiger partial charge in [0.15, 0.2) is 0 Å². The second-order valence-corrected chi connectivity index (χ2v) is 7.59. The Morgan fingerprint density at radius 3 is 2.56 bits per heavy atom. The molecule has 0 aliphatic carbocycles. The minimum atomic E-state index is -0.628. The molecule has 0 radical (unpaired) electrons. The van der Waals surface area contributed by atoms with E-state index < -0.39 is 12.1 Å². The summed E-state index contributed by atoms with van der Waals surface area (Å²) in [5, 5.41) is 0. The molecule has 2 aromatic rings. The molecule has 0 aromatic heterocycles. The Hall–Kier alpha value is -2.80. The number of amides is 4. The van der Waals surface area contributed by atoms with Crippen molar-refractivity contribution >= 4 is 41.0 Å². The predicted octanol–water partition coefficient (Wildman–Crippen LogP) is 2.98. The number of carbonyl (C=O) groups is 3. The summed E-state index contributed by atoms with van der Waals surface area (Å²) in [6.45, 7) is 2.00. The third-order valence-electron chi connectivity index (χ3n) is 4.81. The molecule has 2 aromatic carbocycles. The van der Waals surface area contributed by atoms with E-state index >= 15 is 0 Å². The van der Waals surface area contributed by atoms with Gasteiger partial charge in [0.05, 0.1) is 5.69 Å². The van der Waals surface area contributed by atoms with Crippen LogP contribution < -0.4 is 9.80 Å². The van der Waals surface area contributed by atoms with Crippen LogP contribution in [0.5, 0.6) is 0 Å². The average Bonchev–Trinajstić information content (AvgIpc) is 2.91. The van der Waals surface area contributed by atoms with E-state index in [-0.39, 0.29) is 18.4 Å². The molecule has 2 aliphatic rings. The molecular weight excluding hydrogens is 362 g/mol. The highest BCUT2D eigenvalue weighted by Gasteiger charge is 2.44. The zero-order valence-electron chi connectivity index (χ0n) is 14.9. The molecule has 2 aliphatic heterocycles. The number of hydrogen-bond donors (Lipinski definition) is 0. The molecule has 1 saturated heterocycles. The summed E-state index contributed by atoms with van der Waals surface area (Å²) in [4.78, 5) is 43.6. The molecule has 4 rings (SSSR count). The fourth-order valence-electron chi connectivity index (χ4n) is 3.44. The Balaban J connectivity index is 1.55. The highest BCUT2D eigenvalue weighted by Crippen LogP contribution is 2.34. The normalized spacial score (nSPS) is 19.4. The number of fused-ring (bicyclic) bond motifs is 1. The lowest BCUT2D eigenvalue weighted by atomic mass is 10.2. The van der Waals surface area contributed by atoms with Crippen LogP contribution in [0.25, 0.3) is 0 Å². The van der Waals surface area contributed by atoms with Gasteiger partial charge in [0.25, 0.3) is 5.91 Å². The SMILES string of the molecule is C[C@@H]1C(=O)N(CC(=O)N2CCSc3ccccc32)C(=O)N1c1ccccc1. The zero-order valence-corrected chi connectivity index (χ0v) is 15.7. The van der Waals surface area contributed by atoms with E-state index in [2.05, 4.69) is 0 Å². The number of nitrogens with zero attached hydrogens (tertiary/aromatic N) is 3. The lowest BCUT2D eigenvalue weighted by Gasteiger charge is -2.30. The summed E-state index contributed by atoms with van der Waals surface area (Å²) < 4.78 is 0. The number of para-hydroxylation sites is 2. The van der Waals surface area contributed by atoms with Crippen LogP contribution in [0.2, 0.25) is 0 Å². The number of benzene rings is 2. The minimum Gasteiger partial charge on any atom is -0.309 e. The van der Waals surface area contributed by atoms with Crippen LogP contribution in [-0.2, 0) is 9.59 Å². The van der Waals surface area contributed by atoms with E-state index in [0.717, 1.165) is 21.2 Å². The van der Waals surface area contributed by atoms with Crippen molar-refractivity contribution in [3.05, 3.63) is 54.6 Å². The number of hydrogen-bond acceptors (Lipinski definition) is 4. The lowest BCUT2D eigenvalue weighted by Crippen LogP contribution is -2.45. The summed E-state index contributed by atoms with van der Waals surface area (Å²) >= 11 is 1.70. The topological polar surface area (TPSA) is 60.9 Å². The van der Waals surface area contributed by atoms with Crippen LogP contribution >= 0.6 is 11.8 Å². The highest BCUT2D eigenvalue weighted by atomic mass is 32.2. The molecule has 0 N–H and O–H groups in total. The average molecular weight is 381 g/mol. The molecule has 1 fully saturated rings. The Morgan fingerprint density at radius 1 is 1.07 bits per heavy atom. The second-order valence-electron chi connectivity index (χ2n) is 6.45. The van der Waals surface area contributed by atoms with Gasteiger partial charge in [0, 0.05) is 22.9 Å². The Kier molecular flexibility index (Phi) is 4.61. The van der Waals surface area contributed by atoms with Crippen LogP contribution in [0.3, 0.4) is 0 Å². The van der Waals surface area contributed by atoms with E-state index in [1.807, 2.05) is 42.5 Å². The molecule has 1 atom stereocenters. The van der Waals surface area contributed by atoms with Gasteiger partial charge in [-0.05, 0) is 31.2 Å². The van der Waals surface area contributed by atoms with Gasteiger partial charge in [-0.25, -0.2) is 4.79 Å². The van der Waals surface area contributed by atoms with Crippen molar-refractivity contribution in [3.8, 4) is 0 Å². The molecule has 7 heteroatoms. The predicted molar refractivity (Wildman–Crippen MR) is 105 cm³/mol. The van der Waals surface area contributed by atoms with Crippen LogP contribution in [0.15, 0.2) is 59.5 Å². The van der Waals surface area contributed by atoms with E-state index in [1.54, 1.807) is 35.7 Å². The van der Waals surface area contributed by atoms with Crippen molar-refractivity contribution in [3.63, 3.8) is 0 Å². The van der Waals surface area contributed by atoms with Crippen LogP contribution in [0, 0.1) is 0 Å². The lowest BCUT2D eigenvalue weighted by molar-refractivity contribution is -0.131. The maximum absolute atomic E-state index is 12.9. The van der Waals surface area contributed by atoms with E-state index in [4.69, 9.17) is 0 Å². The molecule has 0 spiro atoms. The van der Waals surface area contributed by atoms with Crippen LogP contribution in [-0.4, -0.2) is 47.6 Å². The molecule has 0 unspecified atom stereocenters. The third-order valence-corrected chi connectivity index (χ3v) is 5.85. The summed E-state index contributed by atoms with van der Waals surface area (Å²) in [6, 6.07) is 15.7. The summed E-state index contributed by atoms with van der Waals surface area (Å²) in [5.41, 5.74) is 1.49. The first-order valence-corrected chi connectivity index (χ1v) is 9.78. The van der Waals surface area contributed by atoms with Gasteiger partial charge in [-0.1, -0.05) is 30.3 Å². The van der Waals surface area contributed by atoms with Gasteiger partial charge in [-0.15, -0.1) is 11.8 Å². The van der Waals surface area contributed by atoms with E-state index in [0.29, 0.717) is 12.2 Å². The summed E-state index contributed by atoms with van der Waals surface area (Å²) in [6.07, 6.45) is 0. The highest BCUT2D eigenvalue weighted by molar-refractivity contribution is 7.99. The van der Waals surface area contributed by atoms with Crippen molar-refractivity contribution < 1.29 is 14.4 Å². The fraction of sp³-hybridized carbons (Fsp3) is 0.250. The van der Waals surface area contributed by atoms with Crippen LogP contribution in [0.4, 0.5) is 16.2 Å². The van der Waals surface area contributed by atoms with Gasteiger partial charge in [-0.2, -0.15) is 0 Å². The van der Waals surface area contributed by atoms with E-state index in [1.165, 1.54) is 4.90 Å². The number of carbonyl (C=O) groups excluding carboxylic acids is 3. The number of anilines is 2. The van der Waals surface area contributed by atoms with Crippen molar-refractivity contribution in [2.45, 2.75) is 17.9 Å². The van der Waals surface area contributed by atoms with Crippen molar-refractivity contribution in [1.82, 2.24) is 4.90 Å². The van der Waals surface area contributed by atoms with Gasteiger partial charge in [0.1, 0.15) is 12.6 Å². The zero-order chi connectivity index (χ0) is 19.0. The smallest absolute Gasteiger partial charge is 0.309 e. The third kappa shape index (κ3) is 3.08. The summed E-state index contributed by atoms with van der Waals surface area (Å²) in [5.74, 6) is 0.195. The second kappa shape index (κ2) is 7.08. The van der Waals surface area contributed by atoms with Gasteiger partial charge in [-0.3, -0.25) is 19.4 Å². The number of rotatable bonds is 3.